The van der Waals surface area contributed by atoms with Crippen LogP contribution >= 0.6 is 0 Å². The molecule has 118 valence electrons. The van der Waals surface area contributed by atoms with Crippen molar-refractivity contribution in [1.29, 1.82) is 0 Å². The Labute approximate surface area is 130 Å². The molecule has 2 heterocycles. The van der Waals surface area contributed by atoms with Gasteiger partial charge in [0, 0.05) is 32.9 Å². The minimum absolute atomic E-state index is 0.0635. The van der Waals surface area contributed by atoms with E-state index in [-0.39, 0.29) is 12.7 Å². The lowest BCUT2D eigenvalue weighted by molar-refractivity contribution is -0.127. The first kappa shape index (κ1) is 14.9. The summed E-state index contributed by atoms with van der Waals surface area (Å²) >= 11 is 0. The van der Waals surface area contributed by atoms with Gasteiger partial charge in [0.25, 0.3) is 0 Å². The molecule has 1 amide bonds. The Kier molecular flexibility index (Phi) is 4.63. The van der Waals surface area contributed by atoms with E-state index in [1.807, 2.05) is 29.2 Å². The summed E-state index contributed by atoms with van der Waals surface area (Å²) in [5.41, 5.74) is 0.937. The number of carbonyl (C=O) groups excluding carboxylic acids is 1. The molecule has 5 nitrogen and oxygen atoms in total. The Morgan fingerprint density at radius 3 is 2.86 bits per heavy atom. The fourth-order valence-electron chi connectivity index (χ4n) is 2.85. The van der Waals surface area contributed by atoms with Crippen LogP contribution in [-0.2, 0) is 9.53 Å². The van der Waals surface area contributed by atoms with Gasteiger partial charge in [0.15, 0.2) is 11.5 Å². The predicted octanol–water partition coefficient (Wildman–Crippen LogP) is 2.31. The maximum Gasteiger partial charge on any atom is 0.246 e. The van der Waals surface area contributed by atoms with Crippen molar-refractivity contribution in [3.8, 4) is 11.5 Å². The van der Waals surface area contributed by atoms with Crippen LogP contribution in [0.4, 0.5) is 0 Å². The topological polar surface area (TPSA) is 48.0 Å². The van der Waals surface area contributed by atoms with Crippen molar-refractivity contribution < 1.29 is 19.0 Å². The second-order valence-corrected chi connectivity index (χ2v) is 5.67. The number of piperidine rings is 1. The Bertz CT molecular complexity index is 562. The number of benzene rings is 1. The smallest absolute Gasteiger partial charge is 0.246 e. The van der Waals surface area contributed by atoms with Crippen LogP contribution < -0.4 is 9.47 Å². The molecule has 2 aliphatic rings. The molecular formula is C17H21NO4. The molecule has 0 bridgehead atoms. The number of likely N-dealkylation sites (tertiary alicyclic amines) is 1. The zero-order valence-corrected chi connectivity index (χ0v) is 12.8. The number of amides is 1. The zero-order chi connectivity index (χ0) is 15.4. The number of methoxy groups -OCH3 is 1. The monoisotopic (exact) mass is 303 g/mol. The van der Waals surface area contributed by atoms with Gasteiger partial charge in [-0.3, -0.25) is 4.79 Å². The number of carbonyl (C=O) groups is 1. The summed E-state index contributed by atoms with van der Waals surface area (Å²) in [5, 5.41) is 0. The van der Waals surface area contributed by atoms with Gasteiger partial charge in [-0.25, -0.2) is 0 Å². The molecule has 1 saturated heterocycles. The third-order valence-electron chi connectivity index (χ3n) is 4.14. The van der Waals surface area contributed by atoms with Crippen LogP contribution in [-0.4, -0.2) is 44.4 Å². The zero-order valence-electron chi connectivity index (χ0n) is 12.8. The SMILES string of the molecule is COCC1CCN(C(=O)/C=C/c2ccc3c(c2)OCO3)CC1. The van der Waals surface area contributed by atoms with E-state index in [1.54, 1.807) is 13.2 Å². The molecule has 0 spiro atoms. The molecule has 0 saturated carbocycles. The largest absolute Gasteiger partial charge is 0.454 e. The number of nitrogens with zero attached hydrogens (tertiary/aromatic N) is 1. The summed E-state index contributed by atoms with van der Waals surface area (Å²) in [6, 6.07) is 5.67. The van der Waals surface area contributed by atoms with Crippen LogP contribution in [0, 0.1) is 5.92 Å². The van der Waals surface area contributed by atoms with Crippen LogP contribution in [0.15, 0.2) is 24.3 Å². The molecule has 0 N–H and O–H groups in total. The molecule has 5 heteroatoms. The van der Waals surface area contributed by atoms with Crippen molar-refractivity contribution in [2.24, 2.45) is 5.92 Å². The summed E-state index contributed by atoms with van der Waals surface area (Å²) in [6.45, 7) is 2.66. The fourth-order valence-corrected chi connectivity index (χ4v) is 2.85. The van der Waals surface area contributed by atoms with Gasteiger partial charge in [0.1, 0.15) is 0 Å². The molecular weight excluding hydrogens is 282 g/mol. The van der Waals surface area contributed by atoms with Crippen LogP contribution in [0.1, 0.15) is 18.4 Å². The molecule has 2 aliphatic heterocycles. The average molecular weight is 303 g/mol. The number of rotatable bonds is 4. The van der Waals surface area contributed by atoms with Gasteiger partial charge in [-0.1, -0.05) is 6.07 Å². The standard InChI is InChI=1S/C17H21NO4/c1-20-11-14-6-8-18(9-7-14)17(19)5-3-13-2-4-15-16(10-13)22-12-21-15/h2-5,10,14H,6-9,11-12H2,1H3/b5-3+. The highest BCUT2D eigenvalue weighted by Crippen LogP contribution is 2.32. The third kappa shape index (κ3) is 3.42. The van der Waals surface area contributed by atoms with Gasteiger partial charge in [0.2, 0.25) is 12.7 Å². The van der Waals surface area contributed by atoms with Gasteiger partial charge < -0.3 is 19.1 Å². The summed E-state index contributed by atoms with van der Waals surface area (Å²) in [4.78, 5) is 14.1. The Hall–Kier alpha value is -2.01. The highest BCUT2D eigenvalue weighted by molar-refractivity contribution is 5.91. The average Bonchev–Trinajstić information content (AvgIpc) is 3.01. The number of hydrogen-bond acceptors (Lipinski definition) is 4. The van der Waals surface area contributed by atoms with Gasteiger partial charge in [-0.15, -0.1) is 0 Å². The molecule has 0 aliphatic carbocycles. The van der Waals surface area contributed by atoms with Crippen LogP contribution in [0.25, 0.3) is 6.08 Å². The maximum atomic E-state index is 12.2. The van der Waals surface area contributed by atoms with Gasteiger partial charge in [-0.2, -0.15) is 0 Å². The van der Waals surface area contributed by atoms with Crippen molar-refractivity contribution >= 4 is 12.0 Å². The lowest BCUT2D eigenvalue weighted by Gasteiger charge is -2.30. The van der Waals surface area contributed by atoms with Crippen molar-refractivity contribution in [2.75, 3.05) is 33.6 Å². The minimum atomic E-state index is 0.0635. The van der Waals surface area contributed by atoms with E-state index in [0.717, 1.165) is 49.6 Å². The number of fused-ring (bicyclic) bond motifs is 1. The lowest BCUT2D eigenvalue weighted by atomic mass is 9.98. The van der Waals surface area contributed by atoms with Crippen LogP contribution in [0.5, 0.6) is 11.5 Å². The molecule has 1 aromatic carbocycles. The van der Waals surface area contributed by atoms with E-state index in [1.165, 1.54) is 0 Å². The van der Waals surface area contributed by atoms with Gasteiger partial charge in [-0.05, 0) is 42.5 Å². The van der Waals surface area contributed by atoms with Crippen molar-refractivity contribution in [1.82, 2.24) is 4.90 Å². The second-order valence-electron chi connectivity index (χ2n) is 5.67. The normalized spacial score (nSPS) is 18.1. The molecule has 0 unspecified atom stereocenters. The van der Waals surface area contributed by atoms with Crippen molar-refractivity contribution in [3.05, 3.63) is 29.8 Å². The molecule has 3 rings (SSSR count). The summed E-state index contributed by atoms with van der Waals surface area (Å²) < 4.78 is 15.8. The predicted molar refractivity (Wildman–Crippen MR) is 82.8 cm³/mol. The molecule has 22 heavy (non-hydrogen) atoms. The number of ether oxygens (including phenoxy) is 3. The highest BCUT2D eigenvalue weighted by Gasteiger charge is 2.21. The van der Waals surface area contributed by atoms with E-state index in [0.29, 0.717) is 5.92 Å². The minimum Gasteiger partial charge on any atom is -0.454 e. The fraction of sp³-hybridized carbons (Fsp3) is 0.471. The van der Waals surface area contributed by atoms with Crippen LogP contribution in [0.2, 0.25) is 0 Å². The van der Waals surface area contributed by atoms with Crippen LogP contribution in [0.3, 0.4) is 0 Å². The maximum absolute atomic E-state index is 12.2. The first-order valence-corrected chi connectivity index (χ1v) is 7.62. The van der Waals surface area contributed by atoms with Crippen molar-refractivity contribution in [2.45, 2.75) is 12.8 Å². The Morgan fingerprint density at radius 2 is 2.09 bits per heavy atom. The van der Waals surface area contributed by atoms with Gasteiger partial charge in [0.05, 0.1) is 0 Å². The van der Waals surface area contributed by atoms with E-state index in [9.17, 15) is 4.79 Å². The summed E-state index contributed by atoms with van der Waals surface area (Å²) in [6.07, 6.45) is 5.48. The first-order valence-electron chi connectivity index (χ1n) is 7.62. The second kappa shape index (κ2) is 6.83. The van der Waals surface area contributed by atoms with E-state index < -0.39 is 0 Å². The van der Waals surface area contributed by atoms with Gasteiger partial charge >= 0.3 is 0 Å². The first-order chi connectivity index (χ1) is 10.8. The summed E-state index contributed by atoms with van der Waals surface area (Å²) in [7, 11) is 1.73. The molecule has 1 fully saturated rings. The number of hydrogen-bond donors (Lipinski definition) is 0. The summed E-state index contributed by atoms with van der Waals surface area (Å²) in [5.74, 6) is 2.12. The quantitative estimate of drug-likeness (QED) is 0.801. The highest BCUT2D eigenvalue weighted by atomic mass is 16.7. The molecule has 0 aromatic heterocycles. The molecule has 1 aromatic rings. The third-order valence-corrected chi connectivity index (χ3v) is 4.14. The van der Waals surface area contributed by atoms with E-state index in [4.69, 9.17) is 14.2 Å². The molecule has 0 radical (unpaired) electrons. The Balaban J connectivity index is 1.55. The van der Waals surface area contributed by atoms with E-state index >= 15 is 0 Å². The lowest BCUT2D eigenvalue weighted by Crippen LogP contribution is -2.38. The Morgan fingerprint density at radius 1 is 1.32 bits per heavy atom. The molecule has 0 atom stereocenters. The van der Waals surface area contributed by atoms with E-state index in [2.05, 4.69) is 0 Å². The van der Waals surface area contributed by atoms with Crippen molar-refractivity contribution in [3.63, 3.8) is 0 Å².